The highest BCUT2D eigenvalue weighted by Gasteiger charge is 2.39. The second-order valence-corrected chi connectivity index (χ2v) is 7.69. The van der Waals surface area contributed by atoms with E-state index in [2.05, 4.69) is 30.6 Å². The Balaban J connectivity index is 1.26. The Morgan fingerprint density at radius 2 is 1.79 bits per heavy atom. The van der Waals surface area contributed by atoms with Crippen molar-refractivity contribution in [2.45, 2.75) is 18.6 Å². The number of piperazine rings is 1. The van der Waals surface area contributed by atoms with Crippen molar-refractivity contribution in [2.75, 3.05) is 31.1 Å². The van der Waals surface area contributed by atoms with E-state index in [9.17, 15) is 18.0 Å². The molecule has 2 aliphatic rings. The summed E-state index contributed by atoms with van der Waals surface area (Å²) in [7, 11) is 0. The zero-order chi connectivity index (χ0) is 23.7. The van der Waals surface area contributed by atoms with E-state index >= 15 is 0 Å². The number of aromatic nitrogens is 6. The molecule has 0 radical (unpaired) electrons. The molecule has 2 aromatic heterocycles. The molecule has 1 unspecified atom stereocenters. The Hall–Kier alpha value is -4.10. The van der Waals surface area contributed by atoms with Gasteiger partial charge in [0.05, 0.1) is 6.04 Å². The molecular formula is C20H19F3N10O. The number of carbonyl (C=O) groups excluding carboxylic acids is 1. The summed E-state index contributed by atoms with van der Waals surface area (Å²) in [6, 6.07) is 10.7. The normalized spacial score (nSPS) is 18.6. The third-order valence-electron chi connectivity index (χ3n) is 5.61. The van der Waals surface area contributed by atoms with Crippen LogP contribution in [0.1, 0.15) is 23.9 Å². The first kappa shape index (κ1) is 21.7. The van der Waals surface area contributed by atoms with Gasteiger partial charge in [-0.25, -0.2) is 14.8 Å². The van der Waals surface area contributed by atoms with Crippen molar-refractivity contribution in [3.05, 3.63) is 54.0 Å². The van der Waals surface area contributed by atoms with Gasteiger partial charge in [-0.15, -0.1) is 5.10 Å². The number of carbonyl (C=O) groups is 1. The molecule has 14 heteroatoms. The average Bonchev–Trinajstić information content (AvgIpc) is 3.55. The molecule has 1 aromatic carbocycles. The number of hydrazone groups is 1. The molecule has 2 amide bonds. The predicted octanol–water partition coefficient (Wildman–Crippen LogP) is 2.15. The fourth-order valence-electron chi connectivity index (χ4n) is 3.92. The summed E-state index contributed by atoms with van der Waals surface area (Å²) < 4.78 is 39.9. The van der Waals surface area contributed by atoms with E-state index in [0.717, 1.165) is 5.56 Å². The maximum absolute atomic E-state index is 13.1. The van der Waals surface area contributed by atoms with Crippen molar-refractivity contribution in [1.29, 1.82) is 0 Å². The largest absolute Gasteiger partial charge is 0.453 e. The minimum absolute atomic E-state index is 0.0991. The fourth-order valence-corrected chi connectivity index (χ4v) is 3.92. The number of hydrogen-bond acceptors (Lipinski definition) is 8. The van der Waals surface area contributed by atoms with Gasteiger partial charge in [-0.3, -0.25) is 0 Å². The lowest BCUT2D eigenvalue weighted by Gasteiger charge is -2.37. The fraction of sp³-hybridized carbons (Fsp3) is 0.350. The summed E-state index contributed by atoms with van der Waals surface area (Å²) in [6.45, 7) is 1.59. The van der Waals surface area contributed by atoms with E-state index < -0.39 is 12.0 Å². The molecule has 0 saturated carbocycles. The van der Waals surface area contributed by atoms with Gasteiger partial charge in [0.1, 0.15) is 0 Å². The van der Waals surface area contributed by atoms with Gasteiger partial charge in [0, 0.05) is 51.1 Å². The SMILES string of the molecule is O=C(N1CCN(c2nccc(-n3nnnc3C(F)(F)F)n2)CC1)N1N=CCC1c1ccccc1. The molecule has 176 valence electrons. The minimum atomic E-state index is -4.73. The molecule has 0 bridgehead atoms. The van der Waals surface area contributed by atoms with E-state index in [0.29, 0.717) is 37.3 Å². The third kappa shape index (κ3) is 4.13. The van der Waals surface area contributed by atoms with Gasteiger partial charge in [-0.1, -0.05) is 30.3 Å². The molecule has 5 rings (SSSR count). The first-order valence-corrected chi connectivity index (χ1v) is 10.5. The predicted molar refractivity (Wildman–Crippen MR) is 113 cm³/mol. The van der Waals surface area contributed by atoms with Crippen molar-refractivity contribution in [1.82, 2.24) is 40.1 Å². The van der Waals surface area contributed by atoms with Crippen LogP contribution in [-0.4, -0.2) is 78.5 Å². The summed E-state index contributed by atoms with van der Waals surface area (Å²) >= 11 is 0. The molecule has 0 aliphatic carbocycles. The number of anilines is 1. The van der Waals surface area contributed by atoms with E-state index in [1.54, 1.807) is 16.0 Å². The Morgan fingerprint density at radius 1 is 1.03 bits per heavy atom. The molecule has 4 heterocycles. The number of urea groups is 1. The minimum Gasteiger partial charge on any atom is -0.337 e. The number of amides is 2. The molecule has 1 fully saturated rings. The van der Waals surface area contributed by atoms with Gasteiger partial charge >= 0.3 is 12.2 Å². The van der Waals surface area contributed by atoms with E-state index in [4.69, 9.17) is 0 Å². The standard InChI is InChI=1S/C20H19F3N10O/c21-20(22,23)17-27-28-29-33(17)16-7-8-24-18(26-16)30-10-12-31(13-11-30)19(34)32-15(6-9-25-32)14-4-2-1-3-5-14/h1-5,7-9,15H,6,10-13H2. The molecule has 11 nitrogen and oxygen atoms in total. The maximum atomic E-state index is 13.1. The second kappa shape index (κ2) is 8.68. The van der Waals surface area contributed by atoms with Crippen molar-refractivity contribution < 1.29 is 18.0 Å². The number of tetrazole rings is 1. The number of hydrogen-bond donors (Lipinski definition) is 0. The van der Waals surface area contributed by atoms with Crippen LogP contribution in [0.4, 0.5) is 23.9 Å². The lowest BCUT2D eigenvalue weighted by Crippen LogP contribution is -2.52. The van der Waals surface area contributed by atoms with Crippen LogP contribution < -0.4 is 4.90 Å². The van der Waals surface area contributed by atoms with Crippen LogP contribution in [0, 0.1) is 0 Å². The van der Waals surface area contributed by atoms with Gasteiger partial charge in [0.25, 0.3) is 5.82 Å². The smallest absolute Gasteiger partial charge is 0.337 e. The summed E-state index contributed by atoms with van der Waals surface area (Å²) in [4.78, 5) is 25.0. The summed E-state index contributed by atoms with van der Waals surface area (Å²) in [5.74, 6) is -1.14. The molecule has 0 spiro atoms. The second-order valence-electron chi connectivity index (χ2n) is 7.69. The van der Waals surface area contributed by atoms with Crippen LogP contribution in [0.2, 0.25) is 0 Å². The molecule has 1 saturated heterocycles. The molecule has 34 heavy (non-hydrogen) atoms. The average molecular weight is 472 g/mol. The van der Waals surface area contributed by atoms with Gasteiger partial charge in [-0.05, 0) is 16.0 Å². The van der Waals surface area contributed by atoms with Crippen LogP contribution in [0.3, 0.4) is 0 Å². The molecular weight excluding hydrogens is 453 g/mol. The van der Waals surface area contributed by atoms with E-state index in [-0.39, 0.29) is 23.8 Å². The van der Waals surface area contributed by atoms with Crippen molar-refractivity contribution >= 4 is 18.2 Å². The zero-order valence-electron chi connectivity index (χ0n) is 17.7. The molecule has 1 atom stereocenters. The summed E-state index contributed by atoms with van der Waals surface area (Å²) in [5.41, 5.74) is 1.01. The molecule has 3 aromatic rings. The Morgan fingerprint density at radius 3 is 2.53 bits per heavy atom. The topological polar surface area (TPSA) is 109 Å². The number of halogens is 3. The highest BCUT2D eigenvalue weighted by atomic mass is 19.4. The first-order valence-electron chi connectivity index (χ1n) is 10.5. The number of rotatable bonds is 3. The number of benzene rings is 1. The van der Waals surface area contributed by atoms with Gasteiger partial charge in [-0.2, -0.15) is 27.9 Å². The van der Waals surface area contributed by atoms with Crippen LogP contribution in [0.25, 0.3) is 5.82 Å². The van der Waals surface area contributed by atoms with Crippen LogP contribution >= 0.6 is 0 Å². The Kier molecular flexibility index (Phi) is 5.55. The third-order valence-corrected chi connectivity index (χ3v) is 5.61. The molecule has 0 N–H and O–H groups in total. The van der Waals surface area contributed by atoms with Gasteiger partial charge < -0.3 is 9.80 Å². The number of alkyl halides is 3. The van der Waals surface area contributed by atoms with Crippen LogP contribution in [0.15, 0.2) is 47.7 Å². The van der Waals surface area contributed by atoms with Gasteiger partial charge in [0.2, 0.25) is 5.95 Å². The lowest BCUT2D eigenvalue weighted by atomic mass is 10.1. The maximum Gasteiger partial charge on any atom is 0.453 e. The van der Waals surface area contributed by atoms with E-state index in [1.807, 2.05) is 30.3 Å². The lowest BCUT2D eigenvalue weighted by molar-refractivity contribution is -0.146. The Bertz CT molecular complexity index is 1190. The Labute approximate surface area is 191 Å². The van der Waals surface area contributed by atoms with Crippen molar-refractivity contribution in [2.24, 2.45) is 5.10 Å². The van der Waals surface area contributed by atoms with Crippen LogP contribution in [0.5, 0.6) is 0 Å². The molecule has 2 aliphatic heterocycles. The summed E-state index contributed by atoms with van der Waals surface area (Å²) in [5, 5.41) is 15.3. The highest BCUT2D eigenvalue weighted by Crippen LogP contribution is 2.30. The quantitative estimate of drug-likeness (QED) is 0.575. The zero-order valence-corrected chi connectivity index (χ0v) is 17.7. The van der Waals surface area contributed by atoms with Crippen molar-refractivity contribution in [3.8, 4) is 5.82 Å². The number of nitrogens with zero attached hydrogens (tertiary/aromatic N) is 10. The summed E-state index contributed by atoms with van der Waals surface area (Å²) in [6.07, 6.45) is -0.997. The first-order chi connectivity index (χ1) is 16.4. The van der Waals surface area contributed by atoms with E-state index in [1.165, 1.54) is 17.3 Å². The highest BCUT2D eigenvalue weighted by molar-refractivity contribution is 5.78. The van der Waals surface area contributed by atoms with Crippen LogP contribution in [-0.2, 0) is 6.18 Å². The van der Waals surface area contributed by atoms with Crippen molar-refractivity contribution in [3.63, 3.8) is 0 Å². The van der Waals surface area contributed by atoms with Gasteiger partial charge in [0.15, 0.2) is 5.82 Å². The monoisotopic (exact) mass is 472 g/mol.